The zero-order valence-corrected chi connectivity index (χ0v) is 10.2. The Morgan fingerprint density at radius 1 is 1.31 bits per heavy atom. The number of fused-ring (bicyclic) bond motifs is 1. The largest absolute Gasteiger partial charge is 0.374 e. The van der Waals surface area contributed by atoms with E-state index in [1.54, 1.807) is 0 Å². The number of ether oxygens (including phenoxy) is 1. The zero-order valence-electron chi connectivity index (χ0n) is 10.2. The second-order valence-electron chi connectivity index (χ2n) is 4.35. The fraction of sp³-hybridized carbons (Fsp3) is 0.667. The molecular formula is C12H19N3O. The lowest BCUT2D eigenvalue weighted by Crippen LogP contribution is -2.08. The topological polar surface area (TPSA) is 47.0 Å². The Hall–Kier alpha value is -1.00. The Morgan fingerprint density at radius 2 is 2.12 bits per heavy atom. The van der Waals surface area contributed by atoms with Crippen molar-refractivity contribution in [3.63, 3.8) is 0 Å². The quantitative estimate of drug-likeness (QED) is 0.841. The van der Waals surface area contributed by atoms with Crippen LogP contribution in [0.1, 0.15) is 49.5 Å². The van der Waals surface area contributed by atoms with Gasteiger partial charge in [0.1, 0.15) is 6.61 Å². The SMILES string of the molecule is CCOCc1nc2c(c(C(C)C)n1)CNC2. The van der Waals surface area contributed by atoms with Gasteiger partial charge in [-0.15, -0.1) is 0 Å². The van der Waals surface area contributed by atoms with Crippen LogP contribution in [0.15, 0.2) is 0 Å². The average molecular weight is 221 g/mol. The van der Waals surface area contributed by atoms with Crippen LogP contribution in [0.3, 0.4) is 0 Å². The molecule has 4 nitrogen and oxygen atoms in total. The van der Waals surface area contributed by atoms with Crippen molar-refractivity contribution in [2.75, 3.05) is 6.61 Å². The second-order valence-corrected chi connectivity index (χ2v) is 4.35. The number of aromatic nitrogens is 2. The minimum atomic E-state index is 0.442. The van der Waals surface area contributed by atoms with E-state index >= 15 is 0 Å². The number of nitrogens with zero attached hydrogens (tertiary/aromatic N) is 2. The van der Waals surface area contributed by atoms with E-state index in [0.717, 1.165) is 24.6 Å². The summed E-state index contributed by atoms with van der Waals surface area (Å²) in [6.45, 7) is 9.31. The molecule has 2 heterocycles. The maximum absolute atomic E-state index is 5.37. The van der Waals surface area contributed by atoms with Gasteiger partial charge in [0.25, 0.3) is 0 Å². The second kappa shape index (κ2) is 4.89. The first-order chi connectivity index (χ1) is 7.72. The fourth-order valence-corrected chi connectivity index (χ4v) is 1.98. The van der Waals surface area contributed by atoms with Crippen LogP contribution in [0.4, 0.5) is 0 Å². The summed E-state index contributed by atoms with van der Waals surface area (Å²) >= 11 is 0. The average Bonchev–Trinajstić information content (AvgIpc) is 2.72. The van der Waals surface area contributed by atoms with Crippen LogP contribution in [-0.4, -0.2) is 16.6 Å². The van der Waals surface area contributed by atoms with Gasteiger partial charge in [-0.1, -0.05) is 13.8 Å². The van der Waals surface area contributed by atoms with Crippen LogP contribution in [0.2, 0.25) is 0 Å². The first kappa shape index (κ1) is 11.5. The van der Waals surface area contributed by atoms with E-state index < -0.39 is 0 Å². The molecule has 1 aliphatic rings. The molecule has 4 heteroatoms. The van der Waals surface area contributed by atoms with E-state index in [4.69, 9.17) is 4.74 Å². The van der Waals surface area contributed by atoms with Crippen molar-refractivity contribution in [2.45, 2.75) is 46.4 Å². The summed E-state index contributed by atoms with van der Waals surface area (Å²) in [5, 5.41) is 3.32. The van der Waals surface area contributed by atoms with Gasteiger partial charge in [-0.2, -0.15) is 0 Å². The van der Waals surface area contributed by atoms with Gasteiger partial charge in [0.2, 0.25) is 0 Å². The summed E-state index contributed by atoms with van der Waals surface area (Å²) in [5.41, 5.74) is 3.60. The van der Waals surface area contributed by atoms with Crippen LogP contribution in [0.25, 0.3) is 0 Å². The van der Waals surface area contributed by atoms with E-state index in [-0.39, 0.29) is 0 Å². The van der Waals surface area contributed by atoms with E-state index in [1.807, 2.05) is 6.92 Å². The smallest absolute Gasteiger partial charge is 0.154 e. The molecule has 0 fully saturated rings. The number of hydrogen-bond acceptors (Lipinski definition) is 4. The van der Waals surface area contributed by atoms with Gasteiger partial charge in [0.05, 0.1) is 11.4 Å². The predicted octanol–water partition coefficient (Wildman–Crippen LogP) is 1.74. The van der Waals surface area contributed by atoms with E-state index in [9.17, 15) is 0 Å². The minimum Gasteiger partial charge on any atom is -0.374 e. The van der Waals surface area contributed by atoms with Gasteiger partial charge in [-0.25, -0.2) is 9.97 Å². The van der Waals surface area contributed by atoms with Gasteiger partial charge in [0.15, 0.2) is 5.82 Å². The Bertz CT molecular complexity index is 377. The zero-order chi connectivity index (χ0) is 11.5. The van der Waals surface area contributed by atoms with E-state index in [2.05, 4.69) is 29.1 Å². The lowest BCUT2D eigenvalue weighted by molar-refractivity contribution is 0.128. The lowest BCUT2D eigenvalue weighted by atomic mass is 10.0. The summed E-state index contributed by atoms with van der Waals surface area (Å²) in [6, 6.07) is 0. The molecule has 0 radical (unpaired) electrons. The van der Waals surface area contributed by atoms with Gasteiger partial charge in [-0.05, 0) is 12.8 Å². The molecule has 0 bridgehead atoms. The maximum Gasteiger partial charge on any atom is 0.154 e. The van der Waals surface area contributed by atoms with Gasteiger partial charge in [0, 0.05) is 25.3 Å². The molecule has 0 aromatic carbocycles. The van der Waals surface area contributed by atoms with E-state index in [0.29, 0.717) is 19.1 Å². The molecule has 1 N–H and O–H groups in total. The molecule has 0 amide bonds. The summed E-state index contributed by atoms with van der Waals surface area (Å²) < 4.78 is 5.37. The highest BCUT2D eigenvalue weighted by molar-refractivity contribution is 5.31. The summed E-state index contributed by atoms with van der Waals surface area (Å²) in [7, 11) is 0. The molecule has 16 heavy (non-hydrogen) atoms. The monoisotopic (exact) mass is 221 g/mol. The lowest BCUT2D eigenvalue weighted by Gasteiger charge is -2.12. The highest BCUT2D eigenvalue weighted by atomic mass is 16.5. The minimum absolute atomic E-state index is 0.442. The first-order valence-electron chi connectivity index (χ1n) is 5.89. The van der Waals surface area contributed by atoms with Crippen molar-refractivity contribution in [3.05, 3.63) is 22.8 Å². The van der Waals surface area contributed by atoms with Crippen LogP contribution in [-0.2, 0) is 24.4 Å². The Balaban J connectivity index is 2.32. The van der Waals surface area contributed by atoms with Crippen LogP contribution >= 0.6 is 0 Å². The molecule has 1 aliphatic heterocycles. The third-order valence-corrected chi connectivity index (χ3v) is 2.75. The molecule has 88 valence electrons. The number of rotatable bonds is 4. The van der Waals surface area contributed by atoms with Gasteiger partial charge < -0.3 is 10.1 Å². The number of hydrogen-bond donors (Lipinski definition) is 1. The molecule has 0 aliphatic carbocycles. The molecule has 0 unspecified atom stereocenters. The van der Waals surface area contributed by atoms with Gasteiger partial charge >= 0.3 is 0 Å². The molecule has 0 spiro atoms. The first-order valence-corrected chi connectivity index (χ1v) is 5.89. The molecule has 0 saturated heterocycles. The van der Waals surface area contributed by atoms with Crippen LogP contribution in [0.5, 0.6) is 0 Å². The predicted molar refractivity (Wildman–Crippen MR) is 62.0 cm³/mol. The van der Waals surface area contributed by atoms with Gasteiger partial charge in [-0.3, -0.25) is 0 Å². The summed E-state index contributed by atoms with van der Waals surface area (Å²) in [5.74, 6) is 1.25. The van der Waals surface area contributed by atoms with Crippen molar-refractivity contribution in [2.24, 2.45) is 0 Å². The van der Waals surface area contributed by atoms with Crippen molar-refractivity contribution in [1.29, 1.82) is 0 Å². The number of nitrogens with one attached hydrogen (secondary N) is 1. The molecule has 0 atom stereocenters. The van der Waals surface area contributed by atoms with Crippen molar-refractivity contribution < 1.29 is 4.74 Å². The summed E-state index contributed by atoms with van der Waals surface area (Å²) in [4.78, 5) is 9.14. The highest BCUT2D eigenvalue weighted by Crippen LogP contribution is 2.23. The normalized spacial score (nSPS) is 14.5. The van der Waals surface area contributed by atoms with E-state index in [1.165, 1.54) is 11.3 Å². The summed E-state index contributed by atoms with van der Waals surface area (Å²) in [6.07, 6.45) is 0. The van der Waals surface area contributed by atoms with Crippen LogP contribution in [0, 0.1) is 0 Å². The standard InChI is InChI=1S/C12H19N3O/c1-4-16-7-11-14-10-6-13-5-9(10)12(15-11)8(2)3/h8,13H,4-7H2,1-3H3. The Morgan fingerprint density at radius 3 is 2.81 bits per heavy atom. The fourth-order valence-electron chi connectivity index (χ4n) is 1.98. The molecule has 1 aromatic rings. The Kier molecular flexibility index (Phi) is 3.51. The van der Waals surface area contributed by atoms with Crippen LogP contribution < -0.4 is 5.32 Å². The molecule has 0 saturated carbocycles. The third kappa shape index (κ3) is 2.23. The van der Waals surface area contributed by atoms with Crippen molar-refractivity contribution >= 4 is 0 Å². The maximum atomic E-state index is 5.37. The molecule has 1 aromatic heterocycles. The Labute approximate surface area is 96.4 Å². The molecule has 2 rings (SSSR count). The van der Waals surface area contributed by atoms with Crippen molar-refractivity contribution in [3.8, 4) is 0 Å². The highest BCUT2D eigenvalue weighted by Gasteiger charge is 2.20. The third-order valence-electron chi connectivity index (χ3n) is 2.75. The molecular weight excluding hydrogens is 202 g/mol. The van der Waals surface area contributed by atoms with Crippen molar-refractivity contribution in [1.82, 2.24) is 15.3 Å².